The number of nitrogen functional groups attached to an aromatic ring is 1. The maximum Gasteiger partial charge on any atom is 0.270 e. The van der Waals surface area contributed by atoms with Crippen LogP contribution in [0.5, 0.6) is 0 Å². The van der Waals surface area contributed by atoms with E-state index < -0.39 is 23.7 Å². The maximum absolute atomic E-state index is 14.1. The molecule has 0 spiro atoms. The van der Waals surface area contributed by atoms with Gasteiger partial charge in [-0.25, -0.2) is 4.39 Å². The number of carbonyl (C=O) groups is 3. The summed E-state index contributed by atoms with van der Waals surface area (Å²) in [5, 5.41) is 3.15. The van der Waals surface area contributed by atoms with Crippen LogP contribution in [0, 0.1) is 5.82 Å². The van der Waals surface area contributed by atoms with E-state index in [4.69, 9.17) is 11.5 Å². The Kier molecular flexibility index (Phi) is 8.80. The van der Waals surface area contributed by atoms with Crippen LogP contribution in [0.25, 0.3) is 0 Å². The second-order valence-corrected chi connectivity index (χ2v) is 10.7. The van der Waals surface area contributed by atoms with Crippen LogP contribution in [0.3, 0.4) is 0 Å². The summed E-state index contributed by atoms with van der Waals surface area (Å²) in [5.41, 5.74) is 13.3. The quantitative estimate of drug-likeness (QED) is 0.369. The molecule has 39 heavy (non-hydrogen) atoms. The number of nitrogens with zero attached hydrogens (tertiary/aromatic N) is 3. The molecular weight excluding hydrogens is 519 g/mol. The van der Waals surface area contributed by atoms with Crippen molar-refractivity contribution in [3.8, 4) is 0 Å². The Bertz CT molecular complexity index is 1320. The molecule has 3 amide bonds. The van der Waals surface area contributed by atoms with Crippen molar-refractivity contribution in [2.24, 2.45) is 5.73 Å². The zero-order chi connectivity index (χ0) is 28.1. The number of aromatic nitrogens is 1. The highest BCUT2D eigenvalue weighted by Gasteiger charge is 2.36. The monoisotopic (exact) mass is 552 g/mol. The van der Waals surface area contributed by atoms with Crippen molar-refractivity contribution in [3.05, 3.63) is 76.0 Å². The number of carbonyl (C=O) groups excluding carboxylic acids is 3. The van der Waals surface area contributed by atoms with Crippen LogP contribution in [-0.4, -0.2) is 47.1 Å². The molecule has 0 unspecified atom stereocenters. The average molecular weight is 553 g/mol. The van der Waals surface area contributed by atoms with Gasteiger partial charge in [-0.05, 0) is 59.8 Å². The lowest BCUT2D eigenvalue weighted by Gasteiger charge is -2.33. The molecule has 206 valence electrons. The molecule has 11 heteroatoms. The second-order valence-electron chi connectivity index (χ2n) is 9.93. The Morgan fingerprint density at radius 2 is 1.69 bits per heavy atom. The number of benzene rings is 2. The molecule has 0 saturated heterocycles. The van der Waals surface area contributed by atoms with Gasteiger partial charge in [0.15, 0.2) is 5.69 Å². The Hall–Kier alpha value is -3.99. The number of amides is 3. The molecule has 5 N–H and O–H groups in total. The molecule has 1 aliphatic carbocycles. The van der Waals surface area contributed by atoms with Crippen LogP contribution in [0.15, 0.2) is 48.5 Å². The molecule has 0 aliphatic heterocycles. The van der Waals surface area contributed by atoms with E-state index in [0.717, 1.165) is 49.3 Å². The number of nitrogens with one attached hydrogen (secondary N) is 1. The number of hydrogen-bond donors (Lipinski definition) is 3. The summed E-state index contributed by atoms with van der Waals surface area (Å²) in [6.07, 6.45) is 4.92. The zero-order valence-electron chi connectivity index (χ0n) is 22.0. The number of nitrogens with two attached hydrogens (primary N) is 2. The van der Waals surface area contributed by atoms with Crippen LogP contribution < -0.4 is 21.7 Å². The van der Waals surface area contributed by atoms with E-state index >= 15 is 0 Å². The largest absolute Gasteiger partial charge is 0.395 e. The van der Waals surface area contributed by atoms with Gasteiger partial charge in [0, 0.05) is 32.4 Å². The van der Waals surface area contributed by atoms with Gasteiger partial charge in [0.25, 0.3) is 11.8 Å². The van der Waals surface area contributed by atoms with Crippen LogP contribution in [-0.2, 0) is 11.3 Å². The lowest BCUT2D eigenvalue weighted by Crippen LogP contribution is -2.46. The van der Waals surface area contributed by atoms with E-state index in [1.54, 1.807) is 12.1 Å². The van der Waals surface area contributed by atoms with Crippen molar-refractivity contribution in [3.63, 3.8) is 0 Å². The molecular formula is C28H33FN6O3S. The minimum atomic E-state index is -1.03. The van der Waals surface area contributed by atoms with Gasteiger partial charge in [0.1, 0.15) is 16.7 Å². The van der Waals surface area contributed by atoms with Crippen LogP contribution in [0.2, 0.25) is 0 Å². The molecule has 1 aromatic heterocycles. The normalized spacial score (nSPS) is 14.4. The van der Waals surface area contributed by atoms with E-state index in [0.29, 0.717) is 11.1 Å². The van der Waals surface area contributed by atoms with Crippen molar-refractivity contribution in [2.45, 2.75) is 50.7 Å². The SMILES string of the molecule is CN(C)c1ccc([C@@H](C(=O)NC2CCCCC2)N(Cc2ccc(F)cc2)C(=O)c2snc(C(N)=O)c2N)cc1. The lowest BCUT2D eigenvalue weighted by molar-refractivity contribution is -0.127. The Morgan fingerprint density at radius 1 is 1.05 bits per heavy atom. The summed E-state index contributed by atoms with van der Waals surface area (Å²) >= 11 is 0.755. The van der Waals surface area contributed by atoms with Gasteiger partial charge in [0.2, 0.25) is 5.91 Å². The minimum absolute atomic E-state index is 0.00582. The van der Waals surface area contributed by atoms with Crippen LogP contribution >= 0.6 is 11.5 Å². The molecule has 1 heterocycles. The first-order valence-corrected chi connectivity index (χ1v) is 13.6. The zero-order valence-corrected chi connectivity index (χ0v) is 22.8. The van der Waals surface area contributed by atoms with E-state index in [1.165, 1.54) is 17.0 Å². The molecule has 2 aromatic carbocycles. The second kappa shape index (κ2) is 12.2. The molecule has 1 atom stereocenters. The Morgan fingerprint density at radius 3 is 2.26 bits per heavy atom. The molecule has 1 aliphatic rings. The average Bonchev–Trinajstić information content (AvgIpc) is 3.31. The van der Waals surface area contributed by atoms with Gasteiger partial charge in [-0.15, -0.1) is 0 Å². The smallest absolute Gasteiger partial charge is 0.270 e. The van der Waals surface area contributed by atoms with Gasteiger partial charge < -0.3 is 26.6 Å². The molecule has 0 radical (unpaired) electrons. The fourth-order valence-electron chi connectivity index (χ4n) is 4.78. The molecule has 4 rings (SSSR count). The number of halogens is 1. The molecule has 9 nitrogen and oxygen atoms in total. The highest BCUT2D eigenvalue weighted by atomic mass is 32.1. The molecule has 0 bridgehead atoms. The summed E-state index contributed by atoms with van der Waals surface area (Å²) in [6, 6.07) is 12.1. The Labute approximate surface area is 231 Å². The van der Waals surface area contributed by atoms with Gasteiger partial charge in [-0.3, -0.25) is 14.4 Å². The fourth-order valence-corrected chi connectivity index (χ4v) is 5.54. The Balaban J connectivity index is 1.79. The van der Waals surface area contributed by atoms with Crippen LogP contribution in [0.4, 0.5) is 15.8 Å². The first-order valence-electron chi connectivity index (χ1n) is 12.8. The fraction of sp³-hybridized carbons (Fsp3) is 0.357. The van der Waals surface area contributed by atoms with Crippen molar-refractivity contribution < 1.29 is 18.8 Å². The number of rotatable bonds is 9. The highest BCUT2D eigenvalue weighted by molar-refractivity contribution is 7.09. The summed E-state index contributed by atoms with van der Waals surface area (Å²) in [6.45, 7) is -0.0133. The van der Waals surface area contributed by atoms with Gasteiger partial charge in [-0.1, -0.05) is 43.5 Å². The van der Waals surface area contributed by atoms with Crippen molar-refractivity contribution in [2.75, 3.05) is 24.7 Å². The van der Waals surface area contributed by atoms with Crippen molar-refractivity contribution in [1.82, 2.24) is 14.6 Å². The first kappa shape index (κ1) is 28.0. The van der Waals surface area contributed by atoms with Crippen molar-refractivity contribution >= 4 is 40.6 Å². The summed E-state index contributed by atoms with van der Waals surface area (Å²) in [5.74, 6) is -2.17. The summed E-state index contributed by atoms with van der Waals surface area (Å²) in [7, 11) is 3.82. The van der Waals surface area contributed by atoms with Gasteiger partial charge in [0.05, 0.1) is 5.69 Å². The third kappa shape index (κ3) is 6.54. The van der Waals surface area contributed by atoms with E-state index in [1.807, 2.05) is 43.3 Å². The molecule has 1 saturated carbocycles. The maximum atomic E-state index is 14.1. The van der Waals surface area contributed by atoms with Gasteiger partial charge in [-0.2, -0.15) is 4.37 Å². The predicted octanol–water partition coefficient (Wildman–Crippen LogP) is 3.86. The number of hydrogen-bond acceptors (Lipinski definition) is 7. The van der Waals surface area contributed by atoms with Crippen LogP contribution in [0.1, 0.15) is 69.4 Å². The van der Waals surface area contributed by atoms with Gasteiger partial charge >= 0.3 is 0 Å². The standard InChI is InChI=1S/C28H33FN6O3S/c1-34(2)21-14-10-18(11-15-21)24(27(37)32-20-6-4-3-5-7-20)35(16-17-8-12-19(29)13-9-17)28(38)25-22(30)23(26(31)36)33-39-25/h8-15,20,24H,3-7,16,30H2,1-2H3,(H2,31,36)(H,32,37)/t24-/m0/s1. The summed E-state index contributed by atoms with van der Waals surface area (Å²) < 4.78 is 17.7. The summed E-state index contributed by atoms with van der Waals surface area (Å²) in [4.78, 5) is 43.1. The van der Waals surface area contributed by atoms with E-state index in [9.17, 15) is 18.8 Å². The third-order valence-electron chi connectivity index (χ3n) is 6.92. The highest BCUT2D eigenvalue weighted by Crippen LogP contribution is 2.32. The number of anilines is 2. The van der Waals surface area contributed by atoms with E-state index in [2.05, 4.69) is 9.69 Å². The van der Waals surface area contributed by atoms with Crippen molar-refractivity contribution in [1.29, 1.82) is 0 Å². The topological polar surface area (TPSA) is 135 Å². The lowest BCUT2D eigenvalue weighted by atomic mass is 9.94. The predicted molar refractivity (Wildman–Crippen MR) is 150 cm³/mol. The molecule has 3 aromatic rings. The van der Waals surface area contributed by atoms with E-state index in [-0.39, 0.29) is 34.8 Å². The molecule has 1 fully saturated rings. The minimum Gasteiger partial charge on any atom is -0.395 e. The first-order chi connectivity index (χ1) is 18.7. The third-order valence-corrected chi connectivity index (χ3v) is 7.77. The number of primary amides is 1.